The van der Waals surface area contributed by atoms with Gasteiger partial charge in [0.05, 0.1) is 18.8 Å². The minimum Gasteiger partial charge on any atom is -0.396 e. The quantitative estimate of drug-likeness (QED) is 0.647. The Morgan fingerprint density at radius 1 is 1.43 bits per heavy atom. The normalized spacial score (nSPS) is 14.1. The van der Waals surface area contributed by atoms with Gasteiger partial charge in [0.25, 0.3) is 0 Å². The Balaban J connectivity index is 3.74. The molecule has 3 heteroatoms. The van der Waals surface area contributed by atoms with E-state index in [0.717, 1.165) is 6.42 Å². The molecule has 84 valence electrons. The van der Waals surface area contributed by atoms with Crippen LogP contribution in [0.5, 0.6) is 0 Å². The summed E-state index contributed by atoms with van der Waals surface area (Å²) in [7, 11) is 0. The molecule has 0 rings (SSSR count). The smallest absolute Gasteiger partial charge is 0.0598 e. The van der Waals surface area contributed by atoms with Crippen molar-refractivity contribution in [1.82, 2.24) is 0 Å². The first-order valence-electron chi connectivity index (χ1n) is 5.22. The van der Waals surface area contributed by atoms with Crippen LogP contribution < -0.4 is 0 Å². The van der Waals surface area contributed by atoms with Crippen molar-refractivity contribution in [3.8, 4) is 0 Å². The Kier molecular flexibility index (Phi) is 5.96. The average molecular weight is 201 g/mol. The van der Waals surface area contributed by atoms with Crippen LogP contribution in [-0.2, 0) is 4.74 Å². The second kappa shape index (κ2) is 6.14. The second-order valence-corrected chi connectivity index (χ2v) is 4.52. The van der Waals surface area contributed by atoms with Crippen molar-refractivity contribution >= 4 is 5.71 Å². The number of hydrogen-bond donors (Lipinski definition) is 2. The fourth-order valence-electron chi connectivity index (χ4n) is 1.16. The highest BCUT2D eigenvalue weighted by Gasteiger charge is 2.13. The Morgan fingerprint density at radius 3 is 2.36 bits per heavy atom. The molecule has 0 saturated heterocycles. The predicted octanol–water partition coefficient (Wildman–Crippen LogP) is 2.23. The maximum atomic E-state index is 8.97. The molecule has 3 nitrogen and oxygen atoms in total. The molecule has 0 aliphatic rings. The summed E-state index contributed by atoms with van der Waals surface area (Å²) in [5.74, 6) is 0.0126. The van der Waals surface area contributed by atoms with Gasteiger partial charge in [0.2, 0.25) is 0 Å². The minimum atomic E-state index is -0.138. The van der Waals surface area contributed by atoms with Crippen molar-refractivity contribution in [3.63, 3.8) is 0 Å². The number of aliphatic hydroxyl groups is 1. The maximum Gasteiger partial charge on any atom is 0.0598 e. The lowest BCUT2D eigenvalue weighted by Gasteiger charge is -2.20. The van der Waals surface area contributed by atoms with Crippen molar-refractivity contribution in [2.24, 2.45) is 5.92 Å². The molecule has 0 heterocycles. The highest BCUT2D eigenvalue weighted by molar-refractivity contribution is 5.83. The van der Waals surface area contributed by atoms with E-state index in [0.29, 0.717) is 18.7 Å². The van der Waals surface area contributed by atoms with Crippen LogP contribution in [0.3, 0.4) is 0 Å². The summed E-state index contributed by atoms with van der Waals surface area (Å²) in [6.45, 7) is 8.63. The molecule has 0 aromatic carbocycles. The maximum absolute atomic E-state index is 8.97. The minimum absolute atomic E-state index is 0.0126. The van der Waals surface area contributed by atoms with Crippen LogP contribution in [0.15, 0.2) is 0 Å². The monoisotopic (exact) mass is 201 g/mol. The summed E-state index contributed by atoms with van der Waals surface area (Å²) in [5, 5.41) is 16.7. The predicted molar refractivity (Wildman–Crippen MR) is 58.9 cm³/mol. The van der Waals surface area contributed by atoms with Crippen LogP contribution in [0.4, 0.5) is 0 Å². The summed E-state index contributed by atoms with van der Waals surface area (Å²) >= 11 is 0. The number of nitrogens with one attached hydrogen (secondary N) is 1. The third-order valence-corrected chi connectivity index (χ3v) is 2.11. The van der Waals surface area contributed by atoms with E-state index in [-0.39, 0.29) is 18.1 Å². The highest BCUT2D eigenvalue weighted by Crippen LogP contribution is 2.10. The van der Waals surface area contributed by atoms with Crippen LogP contribution in [0.2, 0.25) is 0 Å². The standard InChI is InChI=1S/C11H23NO2/c1-5-9(8-13)10(12)6-7-14-11(2,3)4/h9,12-13H,5-8H2,1-4H3. The van der Waals surface area contributed by atoms with E-state index < -0.39 is 0 Å². The van der Waals surface area contributed by atoms with Gasteiger partial charge in [-0.05, 0) is 27.2 Å². The Labute approximate surface area is 87.0 Å². The molecule has 2 N–H and O–H groups in total. The van der Waals surface area contributed by atoms with Gasteiger partial charge in [-0.2, -0.15) is 0 Å². The largest absolute Gasteiger partial charge is 0.396 e. The molecular weight excluding hydrogens is 178 g/mol. The molecular formula is C11H23NO2. The lowest BCUT2D eigenvalue weighted by Crippen LogP contribution is -2.23. The van der Waals surface area contributed by atoms with Crippen LogP contribution in [0.1, 0.15) is 40.5 Å². The van der Waals surface area contributed by atoms with Crippen molar-refractivity contribution in [2.45, 2.75) is 46.1 Å². The van der Waals surface area contributed by atoms with Crippen molar-refractivity contribution in [3.05, 3.63) is 0 Å². The van der Waals surface area contributed by atoms with Crippen LogP contribution in [0.25, 0.3) is 0 Å². The summed E-state index contributed by atoms with van der Waals surface area (Å²) < 4.78 is 5.52. The lowest BCUT2D eigenvalue weighted by molar-refractivity contribution is 0.000862. The summed E-state index contributed by atoms with van der Waals surface area (Å²) in [6, 6.07) is 0. The number of ether oxygens (including phenoxy) is 1. The van der Waals surface area contributed by atoms with E-state index in [2.05, 4.69) is 0 Å². The Bertz CT molecular complexity index is 169. The topological polar surface area (TPSA) is 53.3 Å². The molecule has 0 aliphatic carbocycles. The number of hydrogen-bond acceptors (Lipinski definition) is 3. The molecule has 1 atom stereocenters. The van der Waals surface area contributed by atoms with E-state index in [9.17, 15) is 0 Å². The molecule has 1 unspecified atom stereocenters. The fourth-order valence-corrected chi connectivity index (χ4v) is 1.16. The molecule has 0 fully saturated rings. The van der Waals surface area contributed by atoms with Gasteiger partial charge in [0, 0.05) is 18.1 Å². The second-order valence-electron chi connectivity index (χ2n) is 4.52. The van der Waals surface area contributed by atoms with E-state index >= 15 is 0 Å². The molecule has 0 amide bonds. The van der Waals surface area contributed by atoms with Gasteiger partial charge < -0.3 is 15.3 Å². The van der Waals surface area contributed by atoms with Gasteiger partial charge in [-0.1, -0.05) is 6.92 Å². The molecule has 0 radical (unpaired) electrons. The molecule has 0 aliphatic heterocycles. The Hall–Kier alpha value is -0.410. The average Bonchev–Trinajstić information content (AvgIpc) is 2.04. The van der Waals surface area contributed by atoms with Crippen molar-refractivity contribution < 1.29 is 9.84 Å². The molecule has 0 saturated carbocycles. The first-order chi connectivity index (χ1) is 6.40. The summed E-state index contributed by atoms with van der Waals surface area (Å²) in [4.78, 5) is 0. The summed E-state index contributed by atoms with van der Waals surface area (Å²) in [5.41, 5.74) is 0.459. The Morgan fingerprint density at radius 2 is 2.00 bits per heavy atom. The van der Waals surface area contributed by atoms with Gasteiger partial charge in [-0.15, -0.1) is 0 Å². The van der Waals surface area contributed by atoms with Crippen molar-refractivity contribution in [1.29, 1.82) is 5.41 Å². The zero-order valence-corrected chi connectivity index (χ0v) is 9.76. The van der Waals surface area contributed by atoms with Crippen LogP contribution in [-0.4, -0.2) is 29.6 Å². The molecule has 0 bridgehead atoms. The molecule has 0 spiro atoms. The van der Waals surface area contributed by atoms with E-state index in [1.54, 1.807) is 0 Å². The van der Waals surface area contributed by atoms with E-state index in [1.165, 1.54) is 0 Å². The summed E-state index contributed by atoms with van der Waals surface area (Å²) in [6.07, 6.45) is 1.45. The van der Waals surface area contributed by atoms with E-state index in [1.807, 2.05) is 27.7 Å². The van der Waals surface area contributed by atoms with E-state index in [4.69, 9.17) is 15.3 Å². The highest BCUT2D eigenvalue weighted by atomic mass is 16.5. The van der Waals surface area contributed by atoms with Crippen molar-refractivity contribution in [2.75, 3.05) is 13.2 Å². The molecule has 14 heavy (non-hydrogen) atoms. The third kappa shape index (κ3) is 6.11. The van der Waals surface area contributed by atoms with Crippen LogP contribution in [0, 0.1) is 11.3 Å². The zero-order chi connectivity index (χ0) is 11.2. The van der Waals surface area contributed by atoms with Gasteiger partial charge >= 0.3 is 0 Å². The zero-order valence-electron chi connectivity index (χ0n) is 9.76. The third-order valence-electron chi connectivity index (χ3n) is 2.11. The van der Waals surface area contributed by atoms with Gasteiger partial charge in [0.15, 0.2) is 0 Å². The molecule has 0 aromatic rings. The first kappa shape index (κ1) is 13.6. The lowest BCUT2D eigenvalue weighted by atomic mass is 9.99. The SMILES string of the molecule is CCC(CO)C(=N)CCOC(C)(C)C. The first-order valence-corrected chi connectivity index (χ1v) is 5.22. The van der Waals surface area contributed by atoms with Gasteiger partial charge in [-0.25, -0.2) is 0 Å². The molecule has 0 aromatic heterocycles. The fraction of sp³-hybridized carbons (Fsp3) is 0.909. The number of aliphatic hydroxyl groups excluding tert-OH is 1. The number of rotatable bonds is 6. The van der Waals surface area contributed by atoms with Crippen LogP contribution >= 0.6 is 0 Å². The van der Waals surface area contributed by atoms with Gasteiger partial charge in [-0.3, -0.25) is 0 Å². The van der Waals surface area contributed by atoms with Gasteiger partial charge in [0.1, 0.15) is 0 Å².